The Labute approximate surface area is 92.8 Å². The number of rotatable bonds is 3. The van der Waals surface area contributed by atoms with Crippen LogP contribution >= 0.6 is 0 Å². The minimum Gasteiger partial charge on any atom is -0.399 e. The van der Waals surface area contributed by atoms with E-state index < -0.39 is 0 Å². The van der Waals surface area contributed by atoms with Crippen LogP contribution in [0.25, 0.3) is 0 Å². The van der Waals surface area contributed by atoms with Gasteiger partial charge in [0, 0.05) is 12.8 Å². The van der Waals surface area contributed by atoms with Gasteiger partial charge in [0.25, 0.3) is 11.8 Å². The van der Waals surface area contributed by atoms with Gasteiger partial charge in [-0.1, -0.05) is 0 Å². The molecule has 1 aliphatic rings. The van der Waals surface area contributed by atoms with Crippen molar-refractivity contribution in [1.82, 2.24) is 4.90 Å². The summed E-state index contributed by atoms with van der Waals surface area (Å²) in [5.41, 5.74) is 6.85. The Bertz CT molecular complexity index is 457. The Morgan fingerprint density at radius 3 is 2.62 bits per heavy atom. The van der Waals surface area contributed by atoms with Crippen molar-refractivity contribution in [2.45, 2.75) is 0 Å². The van der Waals surface area contributed by atoms with Crippen LogP contribution in [0, 0.1) is 0 Å². The number of hydrogen-bond donors (Lipinski definition) is 1. The fourth-order valence-corrected chi connectivity index (χ4v) is 1.69. The van der Waals surface area contributed by atoms with Gasteiger partial charge in [0.05, 0.1) is 24.3 Å². The molecular formula is C11H12N2O3. The molecule has 0 fully saturated rings. The maximum absolute atomic E-state index is 11.9. The average Bonchev–Trinajstić information content (AvgIpc) is 2.50. The van der Waals surface area contributed by atoms with Crippen LogP contribution in [0.3, 0.4) is 0 Å². The second-order valence-electron chi connectivity index (χ2n) is 3.56. The fourth-order valence-electron chi connectivity index (χ4n) is 1.69. The summed E-state index contributed by atoms with van der Waals surface area (Å²) in [5, 5.41) is 0. The molecule has 0 aliphatic carbocycles. The van der Waals surface area contributed by atoms with Crippen LogP contribution < -0.4 is 5.73 Å². The number of carbonyl (C=O) groups is 2. The summed E-state index contributed by atoms with van der Waals surface area (Å²) < 4.78 is 4.85. The fraction of sp³-hybridized carbons (Fsp3) is 0.273. The van der Waals surface area contributed by atoms with Crippen LogP contribution in [0.5, 0.6) is 0 Å². The zero-order valence-corrected chi connectivity index (χ0v) is 8.90. The van der Waals surface area contributed by atoms with Crippen molar-refractivity contribution in [3.05, 3.63) is 29.3 Å². The molecule has 0 radical (unpaired) electrons. The second-order valence-corrected chi connectivity index (χ2v) is 3.56. The summed E-state index contributed by atoms with van der Waals surface area (Å²) >= 11 is 0. The third-order valence-electron chi connectivity index (χ3n) is 2.51. The van der Waals surface area contributed by atoms with Crippen molar-refractivity contribution in [3.63, 3.8) is 0 Å². The predicted molar refractivity (Wildman–Crippen MR) is 58.1 cm³/mol. The third-order valence-corrected chi connectivity index (χ3v) is 2.51. The summed E-state index contributed by atoms with van der Waals surface area (Å²) in [4.78, 5) is 24.9. The quantitative estimate of drug-likeness (QED) is 0.595. The number of fused-ring (bicyclic) bond motifs is 1. The maximum atomic E-state index is 11.9. The molecule has 84 valence electrons. The van der Waals surface area contributed by atoms with Crippen LogP contribution in [-0.2, 0) is 4.74 Å². The highest BCUT2D eigenvalue weighted by Crippen LogP contribution is 2.24. The monoisotopic (exact) mass is 220 g/mol. The lowest BCUT2D eigenvalue weighted by molar-refractivity contribution is 0.0603. The van der Waals surface area contributed by atoms with E-state index in [1.54, 1.807) is 12.1 Å². The summed E-state index contributed by atoms with van der Waals surface area (Å²) in [6, 6.07) is 4.73. The van der Waals surface area contributed by atoms with Gasteiger partial charge in [-0.05, 0) is 18.2 Å². The van der Waals surface area contributed by atoms with Gasteiger partial charge >= 0.3 is 0 Å². The number of ether oxygens (including phenoxy) is 1. The molecule has 0 saturated heterocycles. The van der Waals surface area contributed by atoms with Crippen molar-refractivity contribution in [1.29, 1.82) is 0 Å². The van der Waals surface area contributed by atoms with E-state index in [9.17, 15) is 9.59 Å². The molecular weight excluding hydrogens is 208 g/mol. The lowest BCUT2D eigenvalue weighted by Crippen LogP contribution is -2.32. The number of carbonyl (C=O) groups excluding carboxylic acids is 2. The molecule has 5 heteroatoms. The smallest absolute Gasteiger partial charge is 0.261 e. The Balaban J connectivity index is 2.33. The summed E-state index contributed by atoms with van der Waals surface area (Å²) in [5.74, 6) is -0.582. The van der Waals surface area contributed by atoms with E-state index in [1.807, 2.05) is 0 Å². The highest BCUT2D eigenvalue weighted by Gasteiger charge is 2.34. The van der Waals surface area contributed by atoms with Crippen molar-refractivity contribution >= 4 is 17.5 Å². The maximum Gasteiger partial charge on any atom is 0.261 e. The van der Waals surface area contributed by atoms with E-state index in [1.165, 1.54) is 18.1 Å². The zero-order chi connectivity index (χ0) is 11.7. The Hall–Kier alpha value is -1.88. The summed E-state index contributed by atoms with van der Waals surface area (Å²) in [6.45, 7) is 0.601. The first kappa shape index (κ1) is 10.6. The van der Waals surface area contributed by atoms with E-state index in [-0.39, 0.29) is 18.4 Å². The SMILES string of the molecule is COCCN1C(=O)c2ccc(N)cc2C1=O. The molecule has 0 atom stereocenters. The highest BCUT2D eigenvalue weighted by atomic mass is 16.5. The lowest BCUT2D eigenvalue weighted by atomic mass is 10.1. The molecule has 1 heterocycles. The van der Waals surface area contributed by atoms with Gasteiger partial charge in [-0.15, -0.1) is 0 Å². The average molecular weight is 220 g/mol. The number of imide groups is 1. The van der Waals surface area contributed by atoms with E-state index in [2.05, 4.69) is 0 Å². The Morgan fingerprint density at radius 1 is 1.25 bits per heavy atom. The van der Waals surface area contributed by atoms with Crippen LogP contribution in [0.2, 0.25) is 0 Å². The number of amides is 2. The first-order chi connectivity index (χ1) is 7.65. The van der Waals surface area contributed by atoms with Crippen molar-refractivity contribution in [3.8, 4) is 0 Å². The van der Waals surface area contributed by atoms with Gasteiger partial charge in [0.15, 0.2) is 0 Å². The van der Waals surface area contributed by atoms with Crippen molar-refractivity contribution < 1.29 is 14.3 Å². The molecule has 2 amide bonds. The summed E-state index contributed by atoms with van der Waals surface area (Å²) in [7, 11) is 1.52. The molecule has 0 unspecified atom stereocenters. The normalized spacial score (nSPS) is 14.4. The van der Waals surface area contributed by atoms with Gasteiger partial charge in [0.1, 0.15) is 0 Å². The van der Waals surface area contributed by atoms with Gasteiger partial charge < -0.3 is 10.5 Å². The number of nitrogen functional groups attached to an aromatic ring is 1. The van der Waals surface area contributed by atoms with E-state index in [0.29, 0.717) is 23.4 Å². The largest absolute Gasteiger partial charge is 0.399 e. The molecule has 0 bridgehead atoms. The third kappa shape index (κ3) is 1.55. The van der Waals surface area contributed by atoms with Crippen LogP contribution in [0.1, 0.15) is 20.7 Å². The second kappa shape index (κ2) is 3.94. The molecule has 0 spiro atoms. The zero-order valence-electron chi connectivity index (χ0n) is 8.90. The van der Waals surface area contributed by atoms with Gasteiger partial charge in [0.2, 0.25) is 0 Å². The first-order valence-electron chi connectivity index (χ1n) is 4.90. The molecule has 1 aromatic carbocycles. The highest BCUT2D eigenvalue weighted by molar-refractivity contribution is 6.21. The van der Waals surface area contributed by atoms with Gasteiger partial charge in [-0.2, -0.15) is 0 Å². The Morgan fingerprint density at radius 2 is 1.94 bits per heavy atom. The standard InChI is InChI=1S/C11H12N2O3/c1-16-5-4-13-10(14)8-3-2-7(12)6-9(8)11(13)15/h2-3,6H,4-5,12H2,1H3. The minimum atomic E-state index is -0.302. The van der Waals surface area contributed by atoms with E-state index in [4.69, 9.17) is 10.5 Å². The molecule has 5 nitrogen and oxygen atoms in total. The van der Waals surface area contributed by atoms with E-state index >= 15 is 0 Å². The number of nitrogens with zero attached hydrogens (tertiary/aromatic N) is 1. The van der Waals surface area contributed by atoms with Gasteiger partial charge in [-0.25, -0.2) is 0 Å². The summed E-state index contributed by atoms with van der Waals surface area (Å²) in [6.07, 6.45) is 0. The topological polar surface area (TPSA) is 72.6 Å². The number of nitrogens with two attached hydrogens (primary N) is 1. The molecule has 16 heavy (non-hydrogen) atoms. The number of hydrogen-bond acceptors (Lipinski definition) is 4. The van der Waals surface area contributed by atoms with Crippen LogP contribution in [-0.4, -0.2) is 37.0 Å². The molecule has 1 aliphatic heterocycles. The molecule has 2 rings (SSSR count). The molecule has 1 aromatic rings. The molecule has 2 N–H and O–H groups in total. The molecule has 0 saturated carbocycles. The molecule has 0 aromatic heterocycles. The predicted octanol–water partition coefficient (Wildman–Crippen LogP) is 0.511. The van der Waals surface area contributed by atoms with Crippen molar-refractivity contribution in [2.75, 3.05) is 26.0 Å². The lowest BCUT2D eigenvalue weighted by Gasteiger charge is -2.12. The van der Waals surface area contributed by atoms with Gasteiger partial charge in [-0.3, -0.25) is 14.5 Å². The van der Waals surface area contributed by atoms with Crippen LogP contribution in [0.4, 0.5) is 5.69 Å². The number of anilines is 1. The van der Waals surface area contributed by atoms with Crippen molar-refractivity contribution in [2.24, 2.45) is 0 Å². The number of benzene rings is 1. The Kier molecular flexibility index (Phi) is 2.62. The van der Waals surface area contributed by atoms with E-state index in [0.717, 1.165) is 0 Å². The number of methoxy groups -OCH3 is 1. The minimum absolute atomic E-state index is 0.267. The van der Waals surface area contributed by atoms with Crippen LogP contribution in [0.15, 0.2) is 18.2 Å². The first-order valence-corrected chi connectivity index (χ1v) is 4.90.